The molecule has 0 radical (unpaired) electrons. The van der Waals surface area contributed by atoms with Gasteiger partial charge in [-0.15, -0.1) is 0 Å². The highest BCUT2D eigenvalue weighted by Gasteiger charge is 2.08. The van der Waals surface area contributed by atoms with Crippen LogP contribution in [0.25, 0.3) is 0 Å². The van der Waals surface area contributed by atoms with E-state index in [4.69, 9.17) is 0 Å². The zero-order valence-electron chi connectivity index (χ0n) is 15.9. The van der Waals surface area contributed by atoms with E-state index in [-0.39, 0.29) is 11.8 Å². The molecule has 0 aliphatic carbocycles. The fourth-order valence-corrected chi connectivity index (χ4v) is 2.92. The third kappa shape index (κ3) is 5.81. The Balaban J connectivity index is 1.40. The monoisotopic (exact) mass is 376 g/mol. The van der Waals surface area contributed by atoms with Crippen LogP contribution in [0, 0.1) is 6.92 Å². The number of nitrogens with zero attached hydrogens (tertiary/aromatic N) is 1. The highest BCUT2D eigenvalue weighted by molar-refractivity contribution is 5.94. The predicted octanol–water partition coefficient (Wildman–Crippen LogP) is 3.26. The molecule has 0 fully saturated rings. The summed E-state index contributed by atoms with van der Waals surface area (Å²) in [5.41, 5.74) is 3.68. The van der Waals surface area contributed by atoms with E-state index in [1.807, 2.05) is 55.5 Å². The van der Waals surface area contributed by atoms with E-state index in [1.165, 1.54) is 0 Å². The molecule has 0 saturated carbocycles. The maximum Gasteiger partial charge on any atom is 0.251 e. The smallest absolute Gasteiger partial charge is 0.251 e. The van der Waals surface area contributed by atoms with Crippen molar-refractivity contribution < 1.29 is 9.59 Å². The molecule has 0 unspecified atom stereocenters. The van der Waals surface area contributed by atoms with Crippen LogP contribution in [0.15, 0.2) is 60.7 Å². The summed E-state index contributed by atoms with van der Waals surface area (Å²) in [6.45, 7) is 2.57. The SMILES string of the molecule is Cc1cccc(CC(=O)Nc2cc(CCCNC(=O)c3ccccc3)[nH]n2)c1. The standard InChI is InChI=1S/C22H24N4O2/c1-16-7-5-8-17(13-16)14-21(27)24-20-15-19(25-26-20)11-6-12-23-22(28)18-9-3-2-4-10-18/h2-5,7-10,13,15H,6,11-12,14H2,1H3,(H,23,28)(H2,24,25,26,27). The van der Waals surface area contributed by atoms with Crippen LogP contribution in [-0.4, -0.2) is 28.6 Å². The molecule has 1 heterocycles. The molecule has 0 spiro atoms. The van der Waals surface area contributed by atoms with Gasteiger partial charge in [0.1, 0.15) is 0 Å². The largest absolute Gasteiger partial charge is 0.352 e. The van der Waals surface area contributed by atoms with Crippen molar-refractivity contribution in [3.63, 3.8) is 0 Å². The van der Waals surface area contributed by atoms with Crippen LogP contribution < -0.4 is 10.6 Å². The number of anilines is 1. The topological polar surface area (TPSA) is 86.9 Å². The van der Waals surface area contributed by atoms with Crippen LogP contribution in [0.3, 0.4) is 0 Å². The van der Waals surface area contributed by atoms with E-state index in [2.05, 4.69) is 20.8 Å². The second kappa shape index (κ2) is 9.50. The number of hydrogen-bond acceptors (Lipinski definition) is 3. The highest BCUT2D eigenvalue weighted by Crippen LogP contribution is 2.10. The zero-order chi connectivity index (χ0) is 19.8. The molecule has 28 heavy (non-hydrogen) atoms. The molecule has 0 atom stereocenters. The van der Waals surface area contributed by atoms with Crippen LogP contribution in [0.2, 0.25) is 0 Å². The van der Waals surface area contributed by atoms with Crippen LogP contribution in [-0.2, 0) is 17.6 Å². The van der Waals surface area contributed by atoms with E-state index in [9.17, 15) is 9.59 Å². The van der Waals surface area contributed by atoms with Crippen molar-refractivity contribution in [2.75, 3.05) is 11.9 Å². The summed E-state index contributed by atoms with van der Waals surface area (Å²) in [4.78, 5) is 24.1. The van der Waals surface area contributed by atoms with Gasteiger partial charge in [0.25, 0.3) is 5.91 Å². The lowest BCUT2D eigenvalue weighted by atomic mass is 10.1. The van der Waals surface area contributed by atoms with Crippen molar-refractivity contribution in [1.29, 1.82) is 0 Å². The Morgan fingerprint density at radius 3 is 2.64 bits per heavy atom. The number of aromatic nitrogens is 2. The third-order valence-corrected chi connectivity index (χ3v) is 4.29. The summed E-state index contributed by atoms with van der Waals surface area (Å²) in [7, 11) is 0. The second-order valence-corrected chi connectivity index (χ2v) is 6.72. The van der Waals surface area contributed by atoms with Gasteiger partial charge in [-0.3, -0.25) is 14.7 Å². The normalized spacial score (nSPS) is 10.5. The van der Waals surface area contributed by atoms with Gasteiger partial charge in [0.2, 0.25) is 5.91 Å². The number of H-pyrrole nitrogens is 1. The lowest BCUT2D eigenvalue weighted by molar-refractivity contribution is -0.115. The highest BCUT2D eigenvalue weighted by atomic mass is 16.2. The lowest BCUT2D eigenvalue weighted by Crippen LogP contribution is -2.24. The molecule has 0 aliphatic rings. The van der Waals surface area contributed by atoms with Crippen molar-refractivity contribution in [2.24, 2.45) is 0 Å². The maximum atomic E-state index is 12.2. The van der Waals surface area contributed by atoms with Gasteiger partial charge >= 0.3 is 0 Å². The number of benzene rings is 2. The maximum absolute atomic E-state index is 12.2. The third-order valence-electron chi connectivity index (χ3n) is 4.29. The molecule has 2 aromatic carbocycles. The molecule has 0 aliphatic heterocycles. The van der Waals surface area contributed by atoms with E-state index < -0.39 is 0 Å². The van der Waals surface area contributed by atoms with Gasteiger partial charge in [-0.25, -0.2) is 0 Å². The van der Waals surface area contributed by atoms with E-state index in [1.54, 1.807) is 12.1 Å². The molecule has 6 nitrogen and oxygen atoms in total. The molecule has 3 N–H and O–H groups in total. The summed E-state index contributed by atoms with van der Waals surface area (Å²) in [6.07, 6.45) is 1.82. The van der Waals surface area contributed by atoms with Gasteiger partial charge in [-0.2, -0.15) is 5.10 Å². The molecule has 3 aromatic rings. The quantitative estimate of drug-likeness (QED) is 0.527. The molecule has 2 amide bonds. The van der Waals surface area contributed by atoms with E-state index >= 15 is 0 Å². The van der Waals surface area contributed by atoms with Crippen molar-refractivity contribution in [3.8, 4) is 0 Å². The first-order valence-electron chi connectivity index (χ1n) is 9.33. The molecular weight excluding hydrogens is 352 g/mol. The van der Waals surface area contributed by atoms with Crippen LogP contribution in [0.5, 0.6) is 0 Å². The van der Waals surface area contributed by atoms with Crippen LogP contribution >= 0.6 is 0 Å². The minimum atomic E-state index is -0.0984. The average molecular weight is 376 g/mol. The minimum absolute atomic E-state index is 0.0747. The van der Waals surface area contributed by atoms with Gasteiger partial charge in [0.15, 0.2) is 5.82 Å². The Bertz CT molecular complexity index is 934. The number of aromatic amines is 1. The number of aryl methyl sites for hydroxylation is 2. The fraction of sp³-hybridized carbons (Fsp3) is 0.227. The molecule has 3 rings (SSSR count). The molecule has 0 bridgehead atoms. The Labute approximate surface area is 164 Å². The lowest BCUT2D eigenvalue weighted by Gasteiger charge is -2.04. The summed E-state index contributed by atoms with van der Waals surface area (Å²) < 4.78 is 0. The second-order valence-electron chi connectivity index (χ2n) is 6.72. The van der Waals surface area contributed by atoms with Gasteiger partial charge in [-0.05, 0) is 37.5 Å². The Kier molecular flexibility index (Phi) is 6.57. The Hall–Kier alpha value is -3.41. The summed E-state index contributed by atoms with van der Waals surface area (Å²) >= 11 is 0. The number of amides is 2. The van der Waals surface area contributed by atoms with Gasteiger partial charge in [-0.1, -0.05) is 48.0 Å². The summed E-state index contributed by atoms with van der Waals surface area (Å²) in [5.74, 6) is 0.342. The Morgan fingerprint density at radius 2 is 1.86 bits per heavy atom. The van der Waals surface area contributed by atoms with Crippen molar-refractivity contribution in [3.05, 3.63) is 83.0 Å². The number of nitrogens with one attached hydrogen (secondary N) is 3. The molecule has 0 saturated heterocycles. The van der Waals surface area contributed by atoms with Crippen LogP contribution in [0.4, 0.5) is 5.82 Å². The van der Waals surface area contributed by atoms with Crippen LogP contribution in [0.1, 0.15) is 33.6 Å². The first-order valence-corrected chi connectivity index (χ1v) is 9.33. The molecular formula is C22H24N4O2. The first kappa shape index (κ1) is 19.4. The van der Waals surface area contributed by atoms with Crippen molar-refractivity contribution in [2.45, 2.75) is 26.2 Å². The van der Waals surface area contributed by atoms with Crippen molar-refractivity contribution in [1.82, 2.24) is 15.5 Å². The van der Waals surface area contributed by atoms with E-state index in [0.29, 0.717) is 24.3 Å². The van der Waals surface area contributed by atoms with Gasteiger partial charge < -0.3 is 10.6 Å². The first-order chi connectivity index (χ1) is 13.6. The van der Waals surface area contributed by atoms with Gasteiger partial charge in [0.05, 0.1) is 6.42 Å². The molecule has 144 valence electrons. The van der Waals surface area contributed by atoms with Gasteiger partial charge in [0, 0.05) is 23.9 Å². The number of carbonyl (C=O) groups is 2. The zero-order valence-corrected chi connectivity index (χ0v) is 15.9. The summed E-state index contributed by atoms with van der Waals surface area (Å²) in [5, 5.41) is 12.8. The molecule has 1 aromatic heterocycles. The minimum Gasteiger partial charge on any atom is -0.352 e. The Morgan fingerprint density at radius 1 is 1.04 bits per heavy atom. The number of rotatable bonds is 8. The summed E-state index contributed by atoms with van der Waals surface area (Å²) in [6, 6.07) is 18.9. The number of carbonyl (C=O) groups excluding carboxylic acids is 2. The predicted molar refractivity (Wildman–Crippen MR) is 109 cm³/mol. The number of hydrogen-bond donors (Lipinski definition) is 3. The molecule has 6 heteroatoms. The van der Waals surface area contributed by atoms with E-state index in [0.717, 1.165) is 29.7 Å². The fourth-order valence-electron chi connectivity index (χ4n) is 2.92. The van der Waals surface area contributed by atoms with Crippen molar-refractivity contribution >= 4 is 17.6 Å². The average Bonchev–Trinajstić information content (AvgIpc) is 3.12.